The minimum Gasteiger partial charge on any atom is -0.392 e. The van der Waals surface area contributed by atoms with Gasteiger partial charge in [0, 0.05) is 6.42 Å². The van der Waals surface area contributed by atoms with Gasteiger partial charge in [-0.3, -0.25) is 0 Å². The molecule has 4 heteroatoms. The van der Waals surface area contributed by atoms with E-state index in [1.165, 1.54) is 0 Å². The zero-order valence-corrected chi connectivity index (χ0v) is 7.46. The Morgan fingerprint density at radius 2 is 1.79 bits per heavy atom. The molecule has 1 rings (SSSR count). The van der Waals surface area contributed by atoms with Crippen LogP contribution in [0.1, 0.15) is 17.5 Å². The maximum Gasteiger partial charge on any atom is 0.159 e. The standard InChI is InChI=1S/C10H10F2O2/c11-9-4-7(2-1-3-13)8(6-14)5-10(9)12/h3-5,14H,1-2,6H2. The molecule has 0 aromatic heterocycles. The molecule has 0 radical (unpaired) electrons. The van der Waals surface area contributed by atoms with Crippen molar-refractivity contribution < 1.29 is 18.7 Å². The summed E-state index contributed by atoms with van der Waals surface area (Å²) in [5.41, 5.74) is 0.796. The predicted octanol–water partition coefficient (Wildman–Crippen LogP) is 1.59. The lowest BCUT2D eigenvalue weighted by molar-refractivity contribution is -0.107. The van der Waals surface area contributed by atoms with Gasteiger partial charge in [0.2, 0.25) is 0 Å². The normalized spacial score (nSPS) is 10.2. The number of aliphatic hydroxyl groups excluding tert-OH is 1. The first-order valence-electron chi connectivity index (χ1n) is 4.20. The van der Waals surface area contributed by atoms with Crippen molar-refractivity contribution in [2.24, 2.45) is 0 Å². The molecule has 0 aliphatic rings. The molecule has 14 heavy (non-hydrogen) atoms. The number of aryl methyl sites for hydroxylation is 1. The Bertz CT molecular complexity index is 337. The van der Waals surface area contributed by atoms with Gasteiger partial charge in [0.25, 0.3) is 0 Å². The van der Waals surface area contributed by atoms with Gasteiger partial charge in [0.15, 0.2) is 11.6 Å². The second kappa shape index (κ2) is 4.81. The van der Waals surface area contributed by atoms with Crippen molar-refractivity contribution in [2.75, 3.05) is 0 Å². The van der Waals surface area contributed by atoms with Crippen LogP contribution in [0.5, 0.6) is 0 Å². The Hall–Kier alpha value is -1.29. The second-order valence-electron chi connectivity index (χ2n) is 2.90. The fourth-order valence-electron chi connectivity index (χ4n) is 1.22. The van der Waals surface area contributed by atoms with E-state index in [-0.39, 0.29) is 13.0 Å². The van der Waals surface area contributed by atoms with Crippen LogP contribution in [0.15, 0.2) is 12.1 Å². The zero-order chi connectivity index (χ0) is 10.6. The van der Waals surface area contributed by atoms with Crippen molar-refractivity contribution in [1.29, 1.82) is 0 Å². The molecule has 0 aliphatic carbocycles. The molecule has 2 nitrogen and oxygen atoms in total. The molecular weight excluding hydrogens is 190 g/mol. The van der Waals surface area contributed by atoms with Crippen LogP contribution in [-0.2, 0) is 17.8 Å². The highest BCUT2D eigenvalue weighted by Crippen LogP contribution is 2.16. The van der Waals surface area contributed by atoms with E-state index in [0.717, 1.165) is 12.1 Å². The first-order chi connectivity index (χ1) is 6.69. The second-order valence-corrected chi connectivity index (χ2v) is 2.90. The number of benzene rings is 1. The van der Waals surface area contributed by atoms with Crippen LogP contribution in [0, 0.1) is 11.6 Å². The van der Waals surface area contributed by atoms with Gasteiger partial charge in [-0.2, -0.15) is 0 Å². The van der Waals surface area contributed by atoms with Crippen LogP contribution >= 0.6 is 0 Å². The molecule has 1 aromatic carbocycles. The first-order valence-corrected chi connectivity index (χ1v) is 4.20. The van der Waals surface area contributed by atoms with E-state index in [1.807, 2.05) is 0 Å². The summed E-state index contributed by atoms with van der Waals surface area (Å²) in [5.74, 6) is -1.94. The lowest BCUT2D eigenvalue weighted by Crippen LogP contribution is -1.98. The summed E-state index contributed by atoms with van der Waals surface area (Å²) in [6.07, 6.45) is 1.25. The van der Waals surface area contributed by atoms with Crippen LogP contribution in [0.4, 0.5) is 8.78 Å². The highest BCUT2D eigenvalue weighted by Gasteiger charge is 2.08. The Balaban J connectivity index is 3.00. The average molecular weight is 200 g/mol. The summed E-state index contributed by atoms with van der Waals surface area (Å²) in [5, 5.41) is 8.86. The van der Waals surface area contributed by atoms with Gasteiger partial charge in [0.05, 0.1) is 6.61 Å². The van der Waals surface area contributed by atoms with Crippen molar-refractivity contribution in [3.63, 3.8) is 0 Å². The molecule has 0 amide bonds. The number of carbonyl (C=O) groups is 1. The highest BCUT2D eigenvalue weighted by atomic mass is 19.2. The Kier molecular flexibility index (Phi) is 3.71. The van der Waals surface area contributed by atoms with Gasteiger partial charge >= 0.3 is 0 Å². The number of aldehydes is 1. The van der Waals surface area contributed by atoms with Gasteiger partial charge < -0.3 is 9.90 Å². The average Bonchev–Trinajstić information content (AvgIpc) is 2.19. The van der Waals surface area contributed by atoms with Gasteiger partial charge in [-0.05, 0) is 29.7 Å². The van der Waals surface area contributed by atoms with E-state index in [0.29, 0.717) is 23.8 Å². The van der Waals surface area contributed by atoms with Crippen molar-refractivity contribution >= 4 is 6.29 Å². The van der Waals surface area contributed by atoms with E-state index in [9.17, 15) is 13.6 Å². The van der Waals surface area contributed by atoms with Crippen LogP contribution in [0.3, 0.4) is 0 Å². The largest absolute Gasteiger partial charge is 0.392 e. The van der Waals surface area contributed by atoms with Crippen LogP contribution in [0.25, 0.3) is 0 Å². The molecule has 0 saturated carbocycles. The summed E-state index contributed by atoms with van der Waals surface area (Å²) in [4.78, 5) is 10.1. The van der Waals surface area contributed by atoms with Gasteiger partial charge in [-0.15, -0.1) is 0 Å². The van der Waals surface area contributed by atoms with Crippen molar-refractivity contribution in [3.05, 3.63) is 34.9 Å². The molecule has 0 fully saturated rings. The first kappa shape index (κ1) is 10.8. The van der Waals surface area contributed by atoms with Crippen molar-refractivity contribution in [1.82, 2.24) is 0 Å². The fraction of sp³-hybridized carbons (Fsp3) is 0.300. The molecule has 76 valence electrons. The molecule has 1 N–H and O–H groups in total. The minimum absolute atomic E-state index is 0.234. The van der Waals surface area contributed by atoms with Gasteiger partial charge in [-0.1, -0.05) is 0 Å². The van der Waals surface area contributed by atoms with Crippen molar-refractivity contribution in [3.8, 4) is 0 Å². The SMILES string of the molecule is O=CCCc1cc(F)c(F)cc1CO. The van der Waals surface area contributed by atoms with Crippen molar-refractivity contribution in [2.45, 2.75) is 19.4 Å². The molecule has 0 spiro atoms. The smallest absolute Gasteiger partial charge is 0.159 e. The van der Waals surface area contributed by atoms with Gasteiger partial charge in [-0.25, -0.2) is 8.78 Å². The van der Waals surface area contributed by atoms with E-state index in [2.05, 4.69) is 0 Å². The molecule has 0 bridgehead atoms. The summed E-state index contributed by atoms with van der Waals surface area (Å²) in [6.45, 7) is -0.356. The molecule has 0 aliphatic heterocycles. The summed E-state index contributed by atoms with van der Waals surface area (Å²) < 4.78 is 25.5. The molecule has 0 saturated heterocycles. The maximum absolute atomic E-state index is 12.8. The molecule has 1 aromatic rings. The van der Waals surface area contributed by atoms with E-state index >= 15 is 0 Å². The maximum atomic E-state index is 12.8. The number of hydrogen-bond acceptors (Lipinski definition) is 2. The van der Waals surface area contributed by atoms with Crippen LogP contribution in [-0.4, -0.2) is 11.4 Å². The monoisotopic (exact) mass is 200 g/mol. The Morgan fingerprint density at radius 3 is 2.29 bits per heavy atom. The Morgan fingerprint density at radius 1 is 1.21 bits per heavy atom. The number of aliphatic hydroxyl groups is 1. The number of hydrogen-bond donors (Lipinski definition) is 1. The number of halogens is 2. The molecular formula is C10H10F2O2. The summed E-state index contributed by atoms with van der Waals surface area (Å²) in [6, 6.07) is 1.97. The molecule has 0 atom stereocenters. The van der Waals surface area contributed by atoms with Crippen LogP contribution < -0.4 is 0 Å². The third kappa shape index (κ3) is 2.35. The lowest BCUT2D eigenvalue weighted by Gasteiger charge is -2.06. The molecule has 0 heterocycles. The highest BCUT2D eigenvalue weighted by molar-refractivity contribution is 5.50. The minimum atomic E-state index is -0.982. The number of rotatable bonds is 4. The third-order valence-corrected chi connectivity index (χ3v) is 1.94. The van der Waals surface area contributed by atoms with Crippen LogP contribution in [0.2, 0.25) is 0 Å². The fourth-order valence-corrected chi connectivity index (χ4v) is 1.22. The third-order valence-electron chi connectivity index (χ3n) is 1.94. The zero-order valence-electron chi connectivity index (χ0n) is 7.46. The quantitative estimate of drug-likeness (QED) is 0.749. The molecule has 0 unspecified atom stereocenters. The van der Waals surface area contributed by atoms with E-state index in [4.69, 9.17) is 5.11 Å². The predicted molar refractivity (Wildman–Crippen MR) is 46.7 cm³/mol. The van der Waals surface area contributed by atoms with E-state index < -0.39 is 11.6 Å². The van der Waals surface area contributed by atoms with E-state index in [1.54, 1.807) is 0 Å². The summed E-state index contributed by atoms with van der Waals surface area (Å²) >= 11 is 0. The van der Waals surface area contributed by atoms with Gasteiger partial charge in [0.1, 0.15) is 6.29 Å². The topological polar surface area (TPSA) is 37.3 Å². The summed E-state index contributed by atoms with van der Waals surface area (Å²) in [7, 11) is 0. The number of carbonyl (C=O) groups excluding carboxylic acids is 1. The lowest BCUT2D eigenvalue weighted by atomic mass is 10.0. The Labute approximate surface area is 80.2 Å².